The summed E-state index contributed by atoms with van der Waals surface area (Å²) in [6.07, 6.45) is 2.57. The number of piperazine rings is 1. The maximum absolute atomic E-state index is 12.7. The molecule has 1 aromatic heterocycles. The minimum atomic E-state index is -3.31. The molecule has 1 aliphatic carbocycles. The van der Waals surface area contributed by atoms with Crippen molar-refractivity contribution in [2.75, 3.05) is 32.7 Å². The number of hydrogen-bond donors (Lipinski definition) is 1. The molecule has 3 rings (SSSR count). The molecule has 1 aliphatic heterocycles. The van der Waals surface area contributed by atoms with Crippen molar-refractivity contribution in [3.63, 3.8) is 0 Å². The van der Waals surface area contributed by atoms with Gasteiger partial charge in [0.1, 0.15) is 0 Å². The Bertz CT molecular complexity index is 573. The van der Waals surface area contributed by atoms with Crippen molar-refractivity contribution in [2.45, 2.75) is 37.2 Å². The van der Waals surface area contributed by atoms with Gasteiger partial charge in [-0.05, 0) is 25.5 Å². The third-order valence-electron chi connectivity index (χ3n) is 4.15. The summed E-state index contributed by atoms with van der Waals surface area (Å²) in [5, 5.41) is 5.00. The zero-order valence-electron chi connectivity index (χ0n) is 12.4. The quantitative estimate of drug-likeness (QED) is 0.855. The Morgan fingerprint density at radius 1 is 1.29 bits per heavy atom. The molecule has 0 radical (unpaired) electrons. The Kier molecular flexibility index (Phi) is 4.66. The van der Waals surface area contributed by atoms with E-state index in [1.807, 2.05) is 13.0 Å². The van der Waals surface area contributed by atoms with Gasteiger partial charge in [-0.25, -0.2) is 8.42 Å². The number of rotatable bonds is 6. The number of nitrogens with zero attached hydrogens (tertiary/aromatic N) is 2. The SMILES string of the molecule is CCNCc1cc(S(=O)(=O)N2CCN(C3CC3)CC2)cs1. The Labute approximate surface area is 131 Å². The smallest absolute Gasteiger partial charge is 0.243 e. The van der Waals surface area contributed by atoms with Crippen LogP contribution in [0.3, 0.4) is 0 Å². The highest BCUT2D eigenvalue weighted by atomic mass is 32.2. The first-order valence-corrected chi connectivity index (χ1v) is 9.95. The Morgan fingerprint density at radius 2 is 2.00 bits per heavy atom. The molecule has 1 aromatic rings. The first kappa shape index (κ1) is 15.4. The van der Waals surface area contributed by atoms with Crippen LogP contribution in [0.15, 0.2) is 16.3 Å². The third kappa shape index (κ3) is 3.48. The van der Waals surface area contributed by atoms with Crippen molar-refractivity contribution in [1.82, 2.24) is 14.5 Å². The fourth-order valence-corrected chi connectivity index (χ4v) is 5.39. The van der Waals surface area contributed by atoms with E-state index in [0.717, 1.165) is 37.1 Å². The van der Waals surface area contributed by atoms with E-state index in [2.05, 4.69) is 10.2 Å². The maximum Gasteiger partial charge on any atom is 0.243 e. The molecule has 1 saturated heterocycles. The summed E-state index contributed by atoms with van der Waals surface area (Å²) < 4.78 is 27.0. The summed E-state index contributed by atoms with van der Waals surface area (Å²) in [6.45, 7) is 6.67. The fourth-order valence-electron chi connectivity index (χ4n) is 2.73. The normalized spacial score (nSPS) is 21.8. The molecule has 1 saturated carbocycles. The lowest BCUT2D eigenvalue weighted by Crippen LogP contribution is -2.49. The molecule has 2 aliphatic rings. The van der Waals surface area contributed by atoms with E-state index < -0.39 is 10.0 Å². The van der Waals surface area contributed by atoms with Gasteiger partial charge in [0.15, 0.2) is 0 Å². The third-order valence-corrected chi connectivity index (χ3v) is 7.12. The van der Waals surface area contributed by atoms with Gasteiger partial charge in [-0.15, -0.1) is 11.3 Å². The highest BCUT2D eigenvalue weighted by Crippen LogP contribution is 2.29. The average molecular weight is 329 g/mol. The molecular weight excluding hydrogens is 306 g/mol. The summed E-state index contributed by atoms with van der Waals surface area (Å²) in [5.41, 5.74) is 0. The first-order chi connectivity index (χ1) is 10.1. The summed E-state index contributed by atoms with van der Waals surface area (Å²) >= 11 is 1.52. The minimum Gasteiger partial charge on any atom is -0.312 e. The molecule has 0 unspecified atom stereocenters. The predicted octanol–water partition coefficient (Wildman–Crippen LogP) is 1.33. The average Bonchev–Trinajstić information content (AvgIpc) is 3.23. The Balaban J connectivity index is 1.64. The van der Waals surface area contributed by atoms with Crippen LogP contribution in [0, 0.1) is 0 Å². The summed E-state index contributed by atoms with van der Waals surface area (Å²) in [4.78, 5) is 3.96. The molecule has 0 spiro atoms. The van der Waals surface area contributed by atoms with Crippen molar-refractivity contribution < 1.29 is 8.42 Å². The van der Waals surface area contributed by atoms with Gasteiger partial charge in [0.05, 0.1) is 4.90 Å². The van der Waals surface area contributed by atoms with Crippen LogP contribution in [0.5, 0.6) is 0 Å². The first-order valence-electron chi connectivity index (χ1n) is 7.63. The van der Waals surface area contributed by atoms with Gasteiger partial charge >= 0.3 is 0 Å². The van der Waals surface area contributed by atoms with E-state index in [-0.39, 0.29) is 0 Å². The molecular formula is C14H23N3O2S2. The molecule has 118 valence electrons. The van der Waals surface area contributed by atoms with E-state index in [9.17, 15) is 8.42 Å². The molecule has 1 N–H and O–H groups in total. The molecule has 21 heavy (non-hydrogen) atoms. The Morgan fingerprint density at radius 3 is 2.62 bits per heavy atom. The highest BCUT2D eigenvalue weighted by molar-refractivity contribution is 7.89. The van der Waals surface area contributed by atoms with Gasteiger partial charge in [-0.1, -0.05) is 6.92 Å². The van der Waals surface area contributed by atoms with Crippen LogP contribution in [-0.4, -0.2) is 56.4 Å². The van der Waals surface area contributed by atoms with Crippen molar-refractivity contribution in [3.8, 4) is 0 Å². The van der Waals surface area contributed by atoms with E-state index in [1.165, 1.54) is 24.2 Å². The van der Waals surface area contributed by atoms with Gasteiger partial charge in [0.25, 0.3) is 0 Å². The highest BCUT2D eigenvalue weighted by Gasteiger charge is 2.35. The van der Waals surface area contributed by atoms with Crippen LogP contribution in [0.1, 0.15) is 24.6 Å². The summed E-state index contributed by atoms with van der Waals surface area (Å²) in [6, 6.07) is 2.54. The van der Waals surface area contributed by atoms with E-state index in [1.54, 1.807) is 9.69 Å². The summed E-state index contributed by atoms with van der Waals surface area (Å²) in [5.74, 6) is 0. The molecule has 5 nitrogen and oxygen atoms in total. The second-order valence-corrected chi connectivity index (χ2v) is 8.63. The van der Waals surface area contributed by atoms with Crippen LogP contribution < -0.4 is 5.32 Å². The van der Waals surface area contributed by atoms with Gasteiger partial charge in [0.2, 0.25) is 10.0 Å². The molecule has 2 fully saturated rings. The predicted molar refractivity (Wildman–Crippen MR) is 85.1 cm³/mol. The molecule has 0 aromatic carbocycles. The lowest BCUT2D eigenvalue weighted by Gasteiger charge is -2.33. The monoisotopic (exact) mass is 329 g/mol. The largest absolute Gasteiger partial charge is 0.312 e. The fraction of sp³-hybridized carbons (Fsp3) is 0.714. The number of hydrogen-bond acceptors (Lipinski definition) is 5. The van der Waals surface area contributed by atoms with Crippen LogP contribution in [0.2, 0.25) is 0 Å². The van der Waals surface area contributed by atoms with Crippen molar-refractivity contribution in [1.29, 1.82) is 0 Å². The van der Waals surface area contributed by atoms with E-state index >= 15 is 0 Å². The number of thiophene rings is 1. The van der Waals surface area contributed by atoms with Crippen LogP contribution >= 0.6 is 11.3 Å². The molecule has 0 atom stereocenters. The van der Waals surface area contributed by atoms with Crippen molar-refractivity contribution in [3.05, 3.63) is 16.3 Å². The molecule has 0 bridgehead atoms. The minimum absolute atomic E-state index is 0.459. The Hall–Kier alpha value is -0.470. The molecule has 2 heterocycles. The lowest BCUT2D eigenvalue weighted by molar-refractivity contribution is 0.180. The topological polar surface area (TPSA) is 52.7 Å². The zero-order chi connectivity index (χ0) is 14.9. The van der Waals surface area contributed by atoms with Gasteiger partial charge in [-0.2, -0.15) is 4.31 Å². The summed E-state index contributed by atoms with van der Waals surface area (Å²) in [7, 11) is -3.31. The van der Waals surface area contributed by atoms with Gasteiger partial charge < -0.3 is 5.32 Å². The van der Waals surface area contributed by atoms with Crippen LogP contribution in [-0.2, 0) is 16.6 Å². The second kappa shape index (κ2) is 6.34. The lowest BCUT2D eigenvalue weighted by atomic mass is 10.3. The van der Waals surface area contributed by atoms with E-state index in [0.29, 0.717) is 18.0 Å². The van der Waals surface area contributed by atoms with Gasteiger partial charge in [0, 0.05) is 49.0 Å². The van der Waals surface area contributed by atoms with Gasteiger partial charge in [-0.3, -0.25) is 4.90 Å². The zero-order valence-corrected chi connectivity index (χ0v) is 14.0. The van der Waals surface area contributed by atoms with Crippen molar-refractivity contribution >= 4 is 21.4 Å². The number of sulfonamides is 1. The second-order valence-electron chi connectivity index (χ2n) is 5.70. The van der Waals surface area contributed by atoms with Crippen LogP contribution in [0.4, 0.5) is 0 Å². The standard InChI is InChI=1S/C14H23N3O2S2/c1-2-15-10-13-9-14(11-20-13)21(18,19)17-7-5-16(6-8-17)12-3-4-12/h9,11-12,15H,2-8,10H2,1H3. The number of nitrogens with one attached hydrogen (secondary N) is 1. The van der Waals surface area contributed by atoms with Crippen LogP contribution in [0.25, 0.3) is 0 Å². The maximum atomic E-state index is 12.7. The van der Waals surface area contributed by atoms with E-state index in [4.69, 9.17) is 0 Å². The van der Waals surface area contributed by atoms with Crippen molar-refractivity contribution in [2.24, 2.45) is 0 Å². The molecule has 0 amide bonds. The molecule has 7 heteroatoms.